The molecule has 0 saturated heterocycles. The molecule has 0 heterocycles. The molecule has 0 saturated carbocycles. The predicted molar refractivity (Wildman–Crippen MR) is 56.5 cm³/mol. The Bertz CT molecular complexity index is 397. The summed E-state index contributed by atoms with van der Waals surface area (Å²) in [7, 11) is -1.81. The lowest BCUT2D eigenvalue weighted by atomic mass is 10.4. The van der Waals surface area contributed by atoms with Crippen molar-refractivity contribution in [3.8, 4) is 0 Å². The molecule has 0 spiro atoms. The Labute approximate surface area is 84.7 Å². The summed E-state index contributed by atoms with van der Waals surface area (Å²) in [5.41, 5.74) is 0. The lowest BCUT2D eigenvalue weighted by Gasteiger charge is -2.14. The summed E-state index contributed by atoms with van der Waals surface area (Å²) in [6.45, 7) is 3.82. The molecule has 0 fully saturated rings. The largest absolute Gasteiger partial charge is 0.243 e. The minimum absolute atomic E-state index is 0.310. The lowest BCUT2D eigenvalue weighted by molar-refractivity contribution is 0.499. The lowest BCUT2D eigenvalue weighted by Crippen LogP contribution is -2.26. The van der Waals surface area contributed by atoms with Crippen molar-refractivity contribution in [2.24, 2.45) is 0 Å². The third-order valence-corrected chi connectivity index (χ3v) is 3.68. The van der Waals surface area contributed by atoms with Gasteiger partial charge in [-0.25, -0.2) is 8.42 Å². The molecular formula is C10H13NO2S. The van der Waals surface area contributed by atoms with Gasteiger partial charge in [-0.15, -0.1) is 6.58 Å². The molecule has 76 valence electrons. The smallest absolute Gasteiger partial charge is 0.207 e. The number of hydrogen-bond acceptors (Lipinski definition) is 2. The van der Waals surface area contributed by atoms with Gasteiger partial charge in [0.1, 0.15) is 0 Å². The molecule has 4 heteroatoms. The average molecular weight is 211 g/mol. The summed E-state index contributed by atoms with van der Waals surface area (Å²) in [5.74, 6) is 0. The normalized spacial score (nSPS) is 11.6. The van der Waals surface area contributed by atoms with Crippen LogP contribution in [-0.2, 0) is 10.0 Å². The van der Waals surface area contributed by atoms with Crippen LogP contribution in [0.5, 0.6) is 0 Å². The molecule has 1 rings (SSSR count). The number of hydrogen-bond donors (Lipinski definition) is 0. The van der Waals surface area contributed by atoms with Crippen LogP contribution in [0.25, 0.3) is 0 Å². The molecule has 1 aromatic carbocycles. The Morgan fingerprint density at radius 2 is 1.93 bits per heavy atom. The molecule has 0 amide bonds. The summed E-state index contributed by atoms with van der Waals surface area (Å²) in [6, 6.07) is 8.35. The second-order valence-electron chi connectivity index (χ2n) is 2.89. The molecule has 14 heavy (non-hydrogen) atoms. The number of rotatable bonds is 4. The van der Waals surface area contributed by atoms with Gasteiger partial charge in [-0.05, 0) is 12.1 Å². The van der Waals surface area contributed by atoms with Crippen molar-refractivity contribution in [1.82, 2.24) is 4.31 Å². The van der Waals surface area contributed by atoms with Crippen molar-refractivity contribution in [2.75, 3.05) is 13.6 Å². The van der Waals surface area contributed by atoms with Gasteiger partial charge in [0.15, 0.2) is 0 Å². The fourth-order valence-corrected chi connectivity index (χ4v) is 2.21. The van der Waals surface area contributed by atoms with Gasteiger partial charge >= 0.3 is 0 Å². The fraction of sp³-hybridized carbons (Fsp3) is 0.200. The Morgan fingerprint density at radius 3 is 2.43 bits per heavy atom. The summed E-state index contributed by atoms with van der Waals surface area (Å²) in [6.07, 6.45) is 1.56. The van der Waals surface area contributed by atoms with E-state index in [0.717, 1.165) is 0 Å². The van der Waals surface area contributed by atoms with Gasteiger partial charge in [-0.2, -0.15) is 4.31 Å². The number of nitrogens with zero attached hydrogens (tertiary/aromatic N) is 1. The molecule has 0 aliphatic carbocycles. The van der Waals surface area contributed by atoms with Crippen LogP contribution < -0.4 is 0 Å². The maximum Gasteiger partial charge on any atom is 0.243 e. The quantitative estimate of drug-likeness (QED) is 0.708. The summed E-state index contributed by atoms with van der Waals surface area (Å²) < 4.78 is 24.9. The second-order valence-corrected chi connectivity index (χ2v) is 4.93. The molecule has 0 N–H and O–H groups in total. The zero-order chi connectivity index (χ0) is 10.6. The topological polar surface area (TPSA) is 37.4 Å². The number of benzene rings is 1. The Hall–Kier alpha value is -1.13. The number of likely N-dealkylation sites (N-methyl/N-ethyl adjacent to an activating group) is 1. The van der Waals surface area contributed by atoms with Crippen molar-refractivity contribution in [2.45, 2.75) is 4.90 Å². The van der Waals surface area contributed by atoms with Gasteiger partial charge in [-0.1, -0.05) is 24.3 Å². The van der Waals surface area contributed by atoms with Gasteiger partial charge in [0.05, 0.1) is 4.90 Å². The first-order valence-electron chi connectivity index (χ1n) is 4.21. The van der Waals surface area contributed by atoms with Crippen LogP contribution in [0.2, 0.25) is 0 Å². The maximum absolute atomic E-state index is 11.8. The highest BCUT2D eigenvalue weighted by molar-refractivity contribution is 7.89. The molecule has 0 unspecified atom stereocenters. The third-order valence-electron chi connectivity index (χ3n) is 1.84. The van der Waals surface area contributed by atoms with Crippen molar-refractivity contribution in [3.05, 3.63) is 43.0 Å². The monoisotopic (exact) mass is 211 g/mol. The first kappa shape index (κ1) is 10.9. The molecule has 1 aromatic rings. The van der Waals surface area contributed by atoms with Crippen LogP contribution in [-0.4, -0.2) is 26.3 Å². The maximum atomic E-state index is 11.8. The van der Waals surface area contributed by atoms with Gasteiger partial charge in [-0.3, -0.25) is 0 Å². The first-order chi connectivity index (χ1) is 6.59. The minimum atomic E-state index is -3.34. The highest BCUT2D eigenvalue weighted by atomic mass is 32.2. The van der Waals surface area contributed by atoms with E-state index in [-0.39, 0.29) is 0 Å². The van der Waals surface area contributed by atoms with Crippen molar-refractivity contribution < 1.29 is 8.42 Å². The molecule has 0 radical (unpaired) electrons. The fourth-order valence-electron chi connectivity index (χ4n) is 1.05. The van der Waals surface area contributed by atoms with Gasteiger partial charge in [0, 0.05) is 13.6 Å². The molecule has 0 aliphatic rings. The van der Waals surface area contributed by atoms with Gasteiger partial charge in [0.2, 0.25) is 10.0 Å². The van der Waals surface area contributed by atoms with Gasteiger partial charge < -0.3 is 0 Å². The zero-order valence-electron chi connectivity index (χ0n) is 8.05. The molecule has 0 aromatic heterocycles. The van der Waals surface area contributed by atoms with Crippen molar-refractivity contribution in [1.29, 1.82) is 0 Å². The van der Waals surface area contributed by atoms with E-state index < -0.39 is 10.0 Å². The molecular weight excluding hydrogens is 198 g/mol. The van der Waals surface area contributed by atoms with E-state index in [1.54, 1.807) is 36.4 Å². The van der Waals surface area contributed by atoms with Crippen molar-refractivity contribution >= 4 is 10.0 Å². The second kappa shape index (κ2) is 4.39. The Balaban J connectivity index is 3.03. The zero-order valence-corrected chi connectivity index (χ0v) is 8.87. The molecule has 0 bridgehead atoms. The Kier molecular flexibility index (Phi) is 3.43. The molecule has 0 aliphatic heterocycles. The standard InChI is InChI=1S/C10H13NO2S/c1-3-9-11(2)14(12,13)10-7-5-4-6-8-10/h3-8H,1,9H2,2H3. The van der Waals surface area contributed by atoms with Gasteiger partial charge in [0.25, 0.3) is 0 Å². The van der Waals surface area contributed by atoms with Crippen LogP contribution in [0.1, 0.15) is 0 Å². The van der Waals surface area contributed by atoms with E-state index in [0.29, 0.717) is 11.4 Å². The van der Waals surface area contributed by atoms with Crippen molar-refractivity contribution in [3.63, 3.8) is 0 Å². The summed E-state index contributed by atoms with van der Waals surface area (Å²) >= 11 is 0. The van der Waals surface area contributed by atoms with E-state index in [4.69, 9.17) is 0 Å². The highest BCUT2D eigenvalue weighted by Crippen LogP contribution is 2.12. The Morgan fingerprint density at radius 1 is 1.36 bits per heavy atom. The average Bonchev–Trinajstić information content (AvgIpc) is 2.19. The summed E-state index contributed by atoms with van der Waals surface area (Å²) in [4.78, 5) is 0.310. The van der Waals surface area contributed by atoms with E-state index >= 15 is 0 Å². The van der Waals surface area contributed by atoms with E-state index in [1.807, 2.05) is 0 Å². The van der Waals surface area contributed by atoms with Crippen LogP contribution in [0.3, 0.4) is 0 Å². The van der Waals surface area contributed by atoms with Crippen LogP contribution in [0.15, 0.2) is 47.9 Å². The SMILES string of the molecule is C=CCN(C)S(=O)(=O)c1ccccc1. The molecule has 3 nitrogen and oxygen atoms in total. The highest BCUT2D eigenvalue weighted by Gasteiger charge is 2.18. The summed E-state index contributed by atoms with van der Waals surface area (Å²) in [5, 5.41) is 0. The van der Waals surface area contributed by atoms with E-state index in [2.05, 4.69) is 6.58 Å². The van der Waals surface area contributed by atoms with E-state index in [1.165, 1.54) is 11.4 Å². The van der Waals surface area contributed by atoms with Crippen LogP contribution in [0, 0.1) is 0 Å². The van der Waals surface area contributed by atoms with Crippen LogP contribution >= 0.6 is 0 Å². The van der Waals surface area contributed by atoms with E-state index in [9.17, 15) is 8.42 Å². The predicted octanol–water partition coefficient (Wildman–Crippen LogP) is 1.49. The minimum Gasteiger partial charge on any atom is -0.207 e. The first-order valence-corrected chi connectivity index (χ1v) is 5.65. The third kappa shape index (κ3) is 2.21. The van der Waals surface area contributed by atoms with Crippen LogP contribution in [0.4, 0.5) is 0 Å². The number of sulfonamides is 1. The molecule has 0 atom stereocenters.